The van der Waals surface area contributed by atoms with Gasteiger partial charge in [0, 0.05) is 12.7 Å². The van der Waals surface area contributed by atoms with Gasteiger partial charge in [0.2, 0.25) is 0 Å². The minimum absolute atomic E-state index is 0.135. The molecule has 0 saturated carbocycles. The second kappa shape index (κ2) is 4.48. The predicted molar refractivity (Wildman–Crippen MR) is 54.5 cm³/mol. The Bertz CT molecular complexity index is 347. The average Bonchev–Trinajstić information content (AvgIpc) is 2.14. The van der Waals surface area contributed by atoms with Crippen molar-refractivity contribution in [3.63, 3.8) is 0 Å². The summed E-state index contributed by atoms with van der Waals surface area (Å²) in [5, 5.41) is 4.48. The van der Waals surface area contributed by atoms with E-state index in [2.05, 4.69) is 10.6 Å². The number of amides is 2. The molecular weight excluding hydrogens is 230 g/mol. The van der Waals surface area contributed by atoms with Crippen LogP contribution in [0.4, 0.5) is 14.9 Å². The van der Waals surface area contributed by atoms with Crippen LogP contribution >= 0.6 is 23.2 Å². The highest BCUT2D eigenvalue weighted by Crippen LogP contribution is 2.27. The molecule has 0 aliphatic heterocycles. The summed E-state index contributed by atoms with van der Waals surface area (Å²) in [7, 11) is 1.46. The van der Waals surface area contributed by atoms with Gasteiger partial charge in [-0.2, -0.15) is 0 Å². The Kier molecular flexibility index (Phi) is 3.55. The maximum Gasteiger partial charge on any atom is 0.318 e. The summed E-state index contributed by atoms with van der Waals surface area (Å²) in [4.78, 5) is 10.9. The predicted octanol–water partition coefficient (Wildman–Crippen LogP) is 2.88. The quantitative estimate of drug-likeness (QED) is 0.724. The first kappa shape index (κ1) is 11.1. The minimum Gasteiger partial charge on any atom is -0.341 e. The Hall–Kier alpha value is -1.00. The van der Waals surface area contributed by atoms with E-state index in [1.165, 1.54) is 19.2 Å². The number of carbonyl (C=O) groups excluding carboxylic acids is 1. The van der Waals surface area contributed by atoms with Crippen molar-refractivity contribution in [2.75, 3.05) is 12.4 Å². The topological polar surface area (TPSA) is 41.1 Å². The van der Waals surface area contributed by atoms with Gasteiger partial charge in [0.1, 0.15) is 0 Å². The lowest BCUT2D eigenvalue weighted by Gasteiger charge is -2.06. The zero-order chi connectivity index (χ0) is 10.7. The Morgan fingerprint density at radius 1 is 1.36 bits per heavy atom. The van der Waals surface area contributed by atoms with E-state index < -0.39 is 11.8 Å². The molecule has 1 aromatic carbocycles. The molecule has 0 aliphatic rings. The normalized spacial score (nSPS) is 9.71. The first-order valence-corrected chi connectivity index (χ1v) is 4.43. The molecule has 6 heteroatoms. The first-order chi connectivity index (χ1) is 6.54. The van der Waals surface area contributed by atoms with E-state index in [9.17, 15) is 9.18 Å². The highest BCUT2D eigenvalue weighted by Gasteiger charge is 2.08. The molecule has 2 N–H and O–H groups in total. The van der Waals surface area contributed by atoms with Gasteiger partial charge in [-0.15, -0.1) is 0 Å². The molecule has 0 atom stereocenters. The molecule has 3 nitrogen and oxygen atoms in total. The van der Waals surface area contributed by atoms with E-state index in [4.69, 9.17) is 23.2 Å². The molecule has 0 aromatic heterocycles. The highest BCUT2D eigenvalue weighted by molar-refractivity contribution is 6.35. The molecule has 1 rings (SSSR count). The molecule has 1 aromatic rings. The summed E-state index contributed by atoms with van der Waals surface area (Å²) in [5.74, 6) is -0.698. The van der Waals surface area contributed by atoms with Crippen LogP contribution in [0.5, 0.6) is 0 Å². The third-order valence-electron chi connectivity index (χ3n) is 1.47. The van der Waals surface area contributed by atoms with Gasteiger partial charge in [0.15, 0.2) is 5.82 Å². The van der Waals surface area contributed by atoms with Crippen molar-refractivity contribution < 1.29 is 9.18 Å². The molecule has 0 aliphatic carbocycles. The van der Waals surface area contributed by atoms with Crippen LogP contribution in [0.2, 0.25) is 10.0 Å². The van der Waals surface area contributed by atoms with Crippen LogP contribution in [0.1, 0.15) is 0 Å². The van der Waals surface area contributed by atoms with Gasteiger partial charge in [-0.05, 0) is 12.1 Å². The summed E-state index contributed by atoms with van der Waals surface area (Å²) >= 11 is 11.0. The summed E-state index contributed by atoms with van der Waals surface area (Å²) in [6.07, 6.45) is 0. The number of anilines is 1. The van der Waals surface area contributed by atoms with Gasteiger partial charge in [-0.25, -0.2) is 9.18 Å². The number of halogens is 3. The number of nitrogens with one attached hydrogen (secondary N) is 2. The zero-order valence-electron chi connectivity index (χ0n) is 7.20. The van der Waals surface area contributed by atoms with Crippen molar-refractivity contribution in [3.05, 3.63) is 28.0 Å². The number of carbonyl (C=O) groups is 1. The fourth-order valence-electron chi connectivity index (χ4n) is 0.821. The Morgan fingerprint density at radius 3 is 2.29 bits per heavy atom. The second-order valence-corrected chi connectivity index (χ2v) is 3.27. The van der Waals surface area contributed by atoms with Crippen LogP contribution < -0.4 is 10.6 Å². The van der Waals surface area contributed by atoms with Crippen molar-refractivity contribution in [1.29, 1.82) is 0 Å². The molecule has 0 fully saturated rings. The first-order valence-electron chi connectivity index (χ1n) is 3.68. The van der Waals surface area contributed by atoms with Crippen LogP contribution in [-0.4, -0.2) is 13.1 Å². The lowest BCUT2D eigenvalue weighted by molar-refractivity contribution is 0.254. The Morgan fingerprint density at radius 2 is 1.86 bits per heavy atom. The highest BCUT2D eigenvalue weighted by atomic mass is 35.5. The van der Waals surface area contributed by atoms with Gasteiger partial charge in [-0.1, -0.05) is 23.2 Å². The van der Waals surface area contributed by atoms with Crippen LogP contribution in [-0.2, 0) is 0 Å². The van der Waals surface area contributed by atoms with Gasteiger partial charge < -0.3 is 10.6 Å². The number of rotatable bonds is 1. The monoisotopic (exact) mass is 236 g/mol. The zero-order valence-corrected chi connectivity index (χ0v) is 8.71. The summed E-state index contributed by atoms with van der Waals surface area (Å²) in [5.41, 5.74) is 0.334. The van der Waals surface area contributed by atoms with Gasteiger partial charge in [-0.3, -0.25) is 0 Å². The van der Waals surface area contributed by atoms with Crippen molar-refractivity contribution in [2.24, 2.45) is 0 Å². The Balaban J connectivity index is 2.95. The Labute approximate surface area is 90.2 Å². The summed E-state index contributed by atoms with van der Waals surface area (Å²) in [6, 6.07) is 2.12. The molecule has 14 heavy (non-hydrogen) atoms. The summed E-state index contributed by atoms with van der Waals surface area (Å²) in [6.45, 7) is 0. The average molecular weight is 237 g/mol. The van der Waals surface area contributed by atoms with Crippen LogP contribution in [0, 0.1) is 5.82 Å². The molecule has 0 bridgehead atoms. The van der Waals surface area contributed by atoms with E-state index in [0.29, 0.717) is 5.69 Å². The van der Waals surface area contributed by atoms with Crippen molar-refractivity contribution >= 4 is 34.9 Å². The number of benzene rings is 1. The van der Waals surface area contributed by atoms with E-state index in [1.807, 2.05) is 0 Å². The van der Waals surface area contributed by atoms with Crippen molar-refractivity contribution in [2.45, 2.75) is 0 Å². The van der Waals surface area contributed by atoms with Crippen LogP contribution in [0.3, 0.4) is 0 Å². The van der Waals surface area contributed by atoms with Gasteiger partial charge >= 0.3 is 6.03 Å². The standard InChI is InChI=1S/C8H7Cl2FN2O/c1-12-8(14)13-4-2-5(9)7(11)6(10)3-4/h2-3H,1H3,(H2,12,13,14). The third-order valence-corrected chi connectivity index (χ3v) is 2.02. The van der Waals surface area contributed by atoms with Crippen molar-refractivity contribution in [1.82, 2.24) is 5.32 Å². The lowest BCUT2D eigenvalue weighted by atomic mass is 10.3. The van der Waals surface area contributed by atoms with Crippen molar-refractivity contribution in [3.8, 4) is 0 Å². The molecule has 0 heterocycles. The van der Waals surface area contributed by atoms with Crippen LogP contribution in [0.15, 0.2) is 12.1 Å². The maximum atomic E-state index is 12.9. The number of hydrogen-bond donors (Lipinski definition) is 2. The molecule has 0 spiro atoms. The SMILES string of the molecule is CNC(=O)Nc1cc(Cl)c(F)c(Cl)c1. The molecular formula is C8H7Cl2FN2O. The molecule has 76 valence electrons. The lowest BCUT2D eigenvalue weighted by Crippen LogP contribution is -2.24. The molecule has 0 saturated heterocycles. The minimum atomic E-state index is -0.698. The summed E-state index contributed by atoms with van der Waals surface area (Å²) < 4.78 is 12.9. The molecule has 0 radical (unpaired) electrons. The fourth-order valence-corrected chi connectivity index (χ4v) is 1.31. The van der Waals surface area contributed by atoms with E-state index in [1.54, 1.807) is 0 Å². The van der Waals surface area contributed by atoms with E-state index in [0.717, 1.165) is 0 Å². The van der Waals surface area contributed by atoms with Gasteiger partial charge in [0.05, 0.1) is 10.0 Å². The van der Waals surface area contributed by atoms with E-state index in [-0.39, 0.29) is 10.0 Å². The van der Waals surface area contributed by atoms with Gasteiger partial charge in [0.25, 0.3) is 0 Å². The molecule has 0 unspecified atom stereocenters. The largest absolute Gasteiger partial charge is 0.341 e. The maximum absolute atomic E-state index is 12.9. The number of urea groups is 1. The third kappa shape index (κ3) is 2.49. The fraction of sp³-hybridized carbons (Fsp3) is 0.125. The second-order valence-electron chi connectivity index (χ2n) is 2.46. The van der Waals surface area contributed by atoms with Crippen LogP contribution in [0.25, 0.3) is 0 Å². The van der Waals surface area contributed by atoms with E-state index >= 15 is 0 Å². The smallest absolute Gasteiger partial charge is 0.318 e. The molecule has 2 amide bonds. The number of hydrogen-bond acceptors (Lipinski definition) is 1.